The molecule has 0 radical (unpaired) electrons. The third-order valence-corrected chi connectivity index (χ3v) is 5.23. The van der Waals surface area contributed by atoms with Crippen molar-refractivity contribution >= 4 is 11.8 Å². The lowest BCUT2D eigenvalue weighted by Gasteiger charge is -2.20. The van der Waals surface area contributed by atoms with Crippen molar-refractivity contribution in [3.05, 3.63) is 95.1 Å². The fourth-order valence-corrected chi connectivity index (χ4v) is 3.43. The van der Waals surface area contributed by atoms with Gasteiger partial charge in [0.05, 0.1) is 6.54 Å². The Morgan fingerprint density at radius 1 is 1.03 bits per heavy atom. The summed E-state index contributed by atoms with van der Waals surface area (Å²) in [4.78, 5) is 26.8. The van der Waals surface area contributed by atoms with Crippen molar-refractivity contribution in [1.82, 2.24) is 10.2 Å². The van der Waals surface area contributed by atoms with E-state index in [1.807, 2.05) is 0 Å². The van der Waals surface area contributed by atoms with Gasteiger partial charge in [-0.05, 0) is 48.5 Å². The number of halogens is 2. The van der Waals surface area contributed by atoms with E-state index in [2.05, 4.69) is 5.32 Å². The van der Waals surface area contributed by atoms with Gasteiger partial charge in [-0.25, -0.2) is 8.78 Å². The van der Waals surface area contributed by atoms with Gasteiger partial charge in [-0.1, -0.05) is 18.2 Å². The lowest BCUT2D eigenvalue weighted by Crippen LogP contribution is -2.36. The zero-order valence-corrected chi connectivity index (χ0v) is 17.7. The number of ether oxygens (including phenoxy) is 2. The molecule has 4 rings (SSSR count). The minimum Gasteiger partial charge on any atom is -0.491 e. The second kappa shape index (κ2) is 10.1. The SMILES string of the molecule is O=C(NCc1ccccc1F)c1ccc2c(c1)CN(C(=O)COc1ccc(F)cc1)CCO2. The molecule has 3 aromatic rings. The third-order valence-electron chi connectivity index (χ3n) is 5.23. The van der Waals surface area contributed by atoms with E-state index in [1.54, 1.807) is 41.3 Å². The summed E-state index contributed by atoms with van der Waals surface area (Å²) in [6.07, 6.45) is 0. The minimum atomic E-state index is -0.385. The molecule has 0 saturated carbocycles. The maximum absolute atomic E-state index is 13.8. The average Bonchev–Trinajstić information content (AvgIpc) is 3.05. The van der Waals surface area contributed by atoms with Gasteiger partial charge in [-0.2, -0.15) is 0 Å². The zero-order chi connectivity index (χ0) is 23.2. The monoisotopic (exact) mass is 452 g/mol. The van der Waals surface area contributed by atoms with Crippen LogP contribution >= 0.6 is 0 Å². The van der Waals surface area contributed by atoms with E-state index in [0.29, 0.717) is 41.3 Å². The van der Waals surface area contributed by atoms with Gasteiger partial charge < -0.3 is 19.7 Å². The van der Waals surface area contributed by atoms with E-state index in [9.17, 15) is 18.4 Å². The standard InChI is InChI=1S/C25H22F2N2O4/c26-20-6-8-21(9-7-20)33-16-24(30)29-11-12-32-23-10-5-17(13-19(23)15-29)25(31)28-14-18-3-1-2-4-22(18)27/h1-10,13H,11-12,14-16H2,(H,28,31). The van der Waals surface area contributed by atoms with E-state index in [4.69, 9.17) is 9.47 Å². The summed E-state index contributed by atoms with van der Waals surface area (Å²) in [5.74, 6) is -0.401. The molecule has 0 atom stereocenters. The zero-order valence-electron chi connectivity index (χ0n) is 17.7. The molecular formula is C25H22F2N2O4. The van der Waals surface area contributed by atoms with Crippen molar-refractivity contribution in [1.29, 1.82) is 0 Å². The largest absolute Gasteiger partial charge is 0.491 e. The van der Waals surface area contributed by atoms with E-state index in [1.165, 1.54) is 30.3 Å². The Balaban J connectivity index is 1.40. The van der Waals surface area contributed by atoms with Crippen molar-refractivity contribution in [3.8, 4) is 11.5 Å². The predicted molar refractivity (Wildman–Crippen MR) is 117 cm³/mol. The predicted octanol–water partition coefficient (Wildman–Crippen LogP) is 3.69. The van der Waals surface area contributed by atoms with E-state index in [0.717, 1.165) is 0 Å². The second-order valence-electron chi connectivity index (χ2n) is 7.50. The fraction of sp³-hybridized carbons (Fsp3) is 0.200. The molecule has 1 aliphatic rings. The first-order valence-corrected chi connectivity index (χ1v) is 10.4. The maximum Gasteiger partial charge on any atom is 0.260 e. The smallest absolute Gasteiger partial charge is 0.260 e. The van der Waals surface area contributed by atoms with Gasteiger partial charge in [0.15, 0.2) is 6.61 Å². The maximum atomic E-state index is 13.8. The van der Waals surface area contributed by atoms with Gasteiger partial charge in [0, 0.05) is 29.8 Å². The molecule has 0 bridgehead atoms. The molecule has 6 nitrogen and oxygen atoms in total. The van der Waals surface area contributed by atoms with Crippen LogP contribution in [0.1, 0.15) is 21.5 Å². The highest BCUT2D eigenvalue weighted by molar-refractivity contribution is 5.94. The van der Waals surface area contributed by atoms with Crippen LogP contribution in [-0.2, 0) is 17.9 Å². The second-order valence-corrected chi connectivity index (χ2v) is 7.50. The normalized spacial score (nSPS) is 12.8. The average molecular weight is 452 g/mol. The summed E-state index contributed by atoms with van der Waals surface area (Å²) in [6, 6.07) is 16.7. The molecule has 0 aliphatic carbocycles. The quantitative estimate of drug-likeness (QED) is 0.620. The summed E-state index contributed by atoms with van der Waals surface area (Å²) >= 11 is 0. The van der Waals surface area contributed by atoms with Crippen molar-refractivity contribution in [3.63, 3.8) is 0 Å². The topological polar surface area (TPSA) is 67.9 Å². The Labute approximate surface area is 189 Å². The number of nitrogens with zero attached hydrogens (tertiary/aromatic N) is 1. The Bertz CT molecular complexity index is 1150. The van der Waals surface area contributed by atoms with Crippen molar-refractivity contribution in [2.75, 3.05) is 19.8 Å². The minimum absolute atomic E-state index is 0.0599. The lowest BCUT2D eigenvalue weighted by atomic mass is 10.1. The molecule has 0 unspecified atom stereocenters. The number of carbonyl (C=O) groups excluding carboxylic acids is 2. The number of rotatable bonds is 6. The highest BCUT2D eigenvalue weighted by Crippen LogP contribution is 2.25. The summed E-state index contributed by atoms with van der Waals surface area (Å²) in [5.41, 5.74) is 1.45. The van der Waals surface area contributed by atoms with E-state index < -0.39 is 0 Å². The van der Waals surface area contributed by atoms with Crippen LogP contribution in [0.4, 0.5) is 8.78 Å². The first kappa shape index (κ1) is 22.3. The molecule has 3 aromatic carbocycles. The molecule has 0 aromatic heterocycles. The number of hydrogen-bond donors (Lipinski definition) is 1. The van der Waals surface area contributed by atoms with E-state index >= 15 is 0 Å². The van der Waals surface area contributed by atoms with Crippen LogP contribution in [0.5, 0.6) is 11.5 Å². The molecule has 1 N–H and O–H groups in total. The first-order valence-electron chi connectivity index (χ1n) is 10.4. The first-order chi connectivity index (χ1) is 16.0. The van der Waals surface area contributed by atoms with Gasteiger partial charge in [-0.3, -0.25) is 9.59 Å². The summed E-state index contributed by atoms with van der Waals surface area (Å²) < 4.78 is 38.0. The molecule has 170 valence electrons. The summed E-state index contributed by atoms with van der Waals surface area (Å²) in [5, 5.41) is 2.71. The van der Waals surface area contributed by atoms with Gasteiger partial charge in [-0.15, -0.1) is 0 Å². The number of nitrogens with one attached hydrogen (secondary N) is 1. The fourth-order valence-electron chi connectivity index (χ4n) is 3.43. The molecule has 0 fully saturated rings. The van der Waals surface area contributed by atoms with Crippen LogP contribution in [-0.4, -0.2) is 36.5 Å². The molecule has 8 heteroatoms. The molecule has 0 saturated heterocycles. The van der Waals surface area contributed by atoms with Crippen molar-refractivity contribution in [2.24, 2.45) is 0 Å². The lowest BCUT2D eigenvalue weighted by molar-refractivity contribution is -0.134. The van der Waals surface area contributed by atoms with Crippen molar-refractivity contribution < 1.29 is 27.8 Å². The highest BCUT2D eigenvalue weighted by Gasteiger charge is 2.21. The number of amides is 2. The molecular weight excluding hydrogens is 430 g/mol. The molecule has 0 spiro atoms. The Morgan fingerprint density at radius 3 is 2.61 bits per heavy atom. The molecule has 1 heterocycles. The van der Waals surface area contributed by atoms with Gasteiger partial charge in [0.2, 0.25) is 0 Å². The Kier molecular flexibility index (Phi) is 6.83. The summed E-state index contributed by atoms with van der Waals surface area (Å²) in [6.45, 7) is 0.757. The van der Waals surface area contributed by atoms with Crippen LogP contribution in [0, 0.1) is 11.6 Å². The summed E-state index contributed by atoms with van der Waals surface area (Å²) in [7, 11) is 0. The van der Waals surface area contributed by atoms with Gasteiger partial charge in [0.25, 0.3) is 11.8 Å². The molecule has 2 amide bonds. The third kappa shape index (κ3) is 5.65. The number of hydrogen-bond acceptors (Lipinski definition) is 4. The van der Waals surface area contributed by atoms with E-state index in [-0.39, 0.29) is 43.1 Å². The van der Waals surface area contributed by atoms with Crippen LogP contribution in [0.2, 0.25) is 0 Å². The number of carbonyl (C=O) groups is 2. The van der Waals surface area contributed by atoms with Crippen molar-refractivity contribution in [2.45, 2.75) is 13.1 Å². The van der Waals surface area contributed by atoms with Gasteiger partial charge >= 0.3 is 0 Å². The number of fused-ring (bicyclic) bond motifs is 1. The highest BCUT2D eigenvalue weighted by atomic mass is 19.1. The Hall–Kier alpha value is -3.94. The van der Waals surface area contributed by atoms with Crippen LogP contribution in [0.25, 0.3) is 0 Å². The number of benzene rings is 3. The van der Waals surface area contributed by atoms with Crippen LogP contribution in [0.15, 0.2) is 66.7 Å². The molecule has 33 heavy (non-hydrogen) atoms. The molecule has 1 aliphatic heterocycles. The van der Waals surface area contributed by atoms with Crippen LogP contribution in [0.3, 0.4) is 0 Å². The Morgan fingerprint density at radius 2 is 1.82 bits per heavy atom. The van der Waals surface area contributed by atoms with Gasteiger partial charge in [0.1, 0.15) is 29.7 Å². The van der Waals surface area contributed by atoms with Crippen LogP contribution < -0.4 is 14.8 Å².